The number of aromatic nitrogens is 2. The van der Waals surface area contributed by atoms with E-state index in [0.29, 0.717) is 16.6 Å². The summed E-state index contributed by atoms with van der Waals surface area (Å²) in [6, 6.07) is 12.3. The molecule has 0 bridgehead atoms. The van der Waals surface area contributed by atoms with Crippen LogP contribution in [0.3, 0.4) is 0 Å². The highest BCUT2D eigenvalue weighted by Gasteiger charge is 2.13. The quantitative estimate of drug-likeness (QED) is 0.714. The van der Waals surface area contributed by atoms with Gasteiger partial charge in [0.2, 0.25) is 0 Å². The van der Waals surface area contributed by atoms with E-state index in [2.05, 4.69) is 10.4 Å². The number of anilines is 2. The largest absolute Gasteiger partial charge is 0.382 e. The number of halogens is 1. The third kappa shape index (κ3) is 2.07. The number of nitrogens with one attached hydrogen (secondary N) is 1. The van der Waals surface area contributed by atoms with Crippen molar-refractivity contribution >= 4 is 28.4 Å². The number of fused-ring (bicyclic) bond motifs is 1. The summed E-state index contributed by atoms with van der Waals surface area (Å²) in [4.78, 5) is 12.2. The summed E-state index contributed by atoms with van der Waals surface area (Å²) in [5, 5.41) is 7.26. The summed E-state index contributed by atoms with van der Waals surface area (Å²) in [7, 11) is 0. The second-order valence-electron chi connectivity index (χ2n) is 4.25. The fourth-order valence-electron chi connectivity index (χ4n) is 1.99. The lowest BCUT2D eigenvalue weighted by atomic mass is 10.2. The second-order valence-corrected chi connectivity index (χ2v) is 4.25. The van der Waals surface area contributed by atoms with Gasteiger partial charge in [-0.25, -0.2) is 9.18 Å². The lowest BCUT2D eigenvalue weighted by molar-refractivity contribution is 0.252. The zero-order chi connectivity index (χ0) is 14.1. The maximum Gasteiger partial charge on any atom is 0.347 e. The lowest BCUT2D eigenvalue weighted by Gasteiger charge is -2.05. The Labute approximate surface area is 113 Å². The Balaban J connectivity index is 1.97. The van der Waals surface area contributed by atoms with Gasteiger partial charge in [-0.05, 0) is 30.3 Å². The fourth-order valence-corrected chi connectivity index (χ4v) is 1.99. The highest BCUT2D eigenvalue weighted by molar-refractivity contribution is 6.00. The van der Waals surface area contributed by atoms with E-state index in [0.717, 1.165) is 4.68 Å². The molecule has 2 aromatic carbocycles. The van der Waals surface area contributed by atoms with Crippen molar-refractivity contribution in [3.05, 3.63) is 54.3 Å². The number of amides is 1. The van der Waals surface area contributed by atoms with E-state index in [1.165, 1.54) is 18.2 Å². The number of hydrogen-bond donors (Lipinski definition) is 2. The van der Waals surface area contributed by atoms with Gasteiger partial charge in [-0.1, -0.05) is 18.2 Å². The van der Waals surface area contributed by atoms with Crippen molar-refractivity contribution < 1.29 is 9.18 Å². The van der Waals surface area contributed by atoms with Crippen molar-refractivity contribution in [2.75, 3.05) is 11.1 Å². The van der Waals surface area contributed by atoms with Crippen LogP contribution in [0.1, 0.15) is 0 Å². The first kappa shape index (κ1) is 12.2. The van der Waals surface area contributed by atoms with E-state index in [-0.39, 0.29) is 5.82 Å². The van der Waals surface area contributed by atoms with Crippen LogP contribution in [0.25, 0.3) is 10.9 Å². The van der Waals surface area contributed by atoms with Crippen molar-refractivity contribution in [2.24, 2.45) is 0 Å². The third-order valence-electron chi connectivity index (χ3n) is 2.88. The van der Waals surface area contributed by atoms with E-state index >= 15 is 0 Å². The molecule has 0 fully saturated rings. The topological polar surface area (TPSA) is 72.9 Å². The third-order valence-corrected chi connectivity index (χ3v) is 2.88. The molecule has 0 saturated carbocycles. The molecule has 0 radical (unpaired) electrons. The highest BCUT2D eigenvalue weighted by Crippen LogP contribution is 2.20. The van der Waals surface area contributed by atoms with Gasteiger partial charge in [-0.15, -0.1) is 5.10 Å². The van der Waals surface area contributed by atoms with Gasteiger partial charge in [0.15, 0.2) is 5.82 Å². The molecule has 3 N–H and O–H groups in total. The number of benzene rings is 2. The van der Waals surface area contributed by atoms with Gasteiger partial charge in [0.05, 0.1) is 5.52 Å². The summed E-state index contributed by atoms with van der Waals surface area (Å²) in [5.41, 5.74) is 6.71. The van der Waals surface area contributed by atoms with Crippen molar-refractivity contribution in [1.82, 2.24) is 9.78 Å². The predicted octanol–water partition coefficient (Wildman–Crippen LogP) is 2.84. The molecule has 0 saturated heterocycles. The van der Waals surface area contributed by atoms with Crippen molar-refractivity contribution in [1.29, 1.82) is 0 Å². The Bertz CT molecular complexity index is 797. The molecule has 0 atom stereocenters. The summed E-state index contributed by atoms with van der Waals surface area (Å²) in [5.74, 6) is -0.150. The summed E-state index contributed by atoms with van der Waals surface area (Å²) in [6.07, 6.45) is 0. The normalized spacial score (nSPS) is 10.7. The number of nitrogens with zero attached hydrogens (tertiary/aromatic N) is 2. The molecule has 1 amide bonds. The van der Waals surface area contributed by atoms with E-state index in [9.17, 15) is 9.18 Å². The minimum Gasteiger partial charge on any atom is -0.382 e. The van der Waals surface area contributed by atoms with Crippen LogP contribution in [0.2, 0.25) is 0 Å². The second kappa shape index (κ2) is 4.65. The molecule has 20 heavy (non-hydrogen) atoms. The van der Waals surface area contributed by atoms with Gasteiger partial charge in [-0.3, -0.25) is 0 Å². The van der Waals surface area contributed by atoms with Crippen molar-refractivity contribution in [2.45, 2.75) is 0 Å². The molecule has 0 aliphatic rings. The van der Waals surface area contributed by atoms with Gasteiger partial charge in [0.25, 0.3) is 0 Å². The first-order valence-corrected chi connectivity index (χ1v) is 5.95. The Hall–Kier alpha value is -2.89. The van der Waals surface area contributed by atoms with E-state index < -0.39 is 11.8 Å². The first-order chi connectivity index (χ1) is 9.65. The number of nitrogens with two attached hydrogens (primary N) is 1. The van der Waals surface area contributed by atoms with Crippen LogP contribution in [-0.2, 0) is 0 Å². The summed E-state index contributed by atoms with van der Waals surface area (Å²) < 4.78 is 14.2. The maximum absolute atomic E-state index is 13.1. The number of rotatable bonds is 1. The zero-order valence-electron chi connectivity index (χ0n) is 10.4. The minimum atomic E-state index is -0.497. The number of para-hydroxylation sites is 1. The molecular formula is C14H11FN4O. The first-order valence-electron chi connectivity index (χ1n) is 5.95. The van der Waals surface area contributed by atoms with Crippen LogP contribution in [0.5, 0.6) is 0 Å². The van der Waals surface area contributed by atoms with Crippen molar-refractivity contribution in [3.63, 3.8) is 0 Å². The van der Waals surface area contributed by atoms with Gasteiger partial charge in [0, 0.05) is 11.1 Å². The lowest BCUT2D eigenvalue weighted by Crippen LogP contribution is -2.20. The number of hydrogen-bond acceptors (Lipinski definition) is 3. The van der Waals surface area contributed by atoms with Crippen molar-refractivity contribution in [3.8, 4) is 0 Å². The number of carbonyl (C=O) groups is 1. The molecule has 0 aliphatic heterocycles. The van der Waals surface area contributed by atoms with E-state index in [1.807, 2.05) is 6.07 Å². The number of nitrogen functional groups attached to an aromatic ring is 1. The summed E-state index contributed by atoms with van der Waals surface area (Å²) in [6.45, 7) is 0. The zero-order valence-corrected chi connectivity index (χ0v) is 10.4. The Morgan fingerprint density at radius 2 is 2.00 bits per heavy atom. The highest BCUT2D eigenvalue weighted by atomic mass is 19.1. The predicted molar refractivity (Wildman–Crippen MR) is 75.0 cm³/mol. The van der Waals surface area contributed by atoms with E-state index in [1.54, 1.807) is 24.3 Å². The van der Waals surface area contributed by atoms with Gasteiger partial charge < -0.3 is 11.1 Å². The van der Waals surface area contributed by atoms with Gasteiger partial charge in [-0.2, -0.15) is 4.68 Å². The van der Waals surface area contributed by atoms with E-state index in [4.69, 9.17) is 5.73 Å². The molecule has 1 aromatic heterocycles. The molecule has 0 unspecified atom stereocenters. The van der Waals surface area contributed by atoms with Crippen LogP contribution in [0.4, 0.5) is 20.7 Å². The van der Waals surface area contributed by atoms with Crippen LogP contribution in [-0.4, -0.2) is 15.8 Å². The Morgan fingerprint density at radius 1 is 1.20 bits per heavy atom. The average Bonchev–Trinajstić information content (AvgIpc) is 2.77. The summed E-state index contributed by atoms with van der Waals surface area (Å²) >= 11 is 0. The standard InChI is InChI=1S/C14H11FN4O/c15-9-4-3-5-10(8-9)17-14(20)19-12-7-2-1-6-11(12)13(16)18-19/h1-8H,(H2,16,18)(H,17,20). The average molecular weight is 270 g/mol. The molecule has 3 rings (SSSR count). The van der Waals surface area contributed by atoms with Gasteiger partial charge in [0.1, 0.15) is 5.82 Å². The fraction of sp³-hybridized carbons (Fsp3) is 0. The molecule has 5 nitrogen and oxygen atoms in total. The van der Waals surface area contributed by atoms with Crippen LogP contribution < -0.4 is 11.1 Å². The smallest absolute Gasteiger partial charge is 0.347 e. The Kier molecular flexibility index (Phi) is 2.83. The molecule has 0 aliphatic carbocycles. The van der Waals surface area contributed by atoms with Crippen LogP contribution in [0.15, 0.2) is 48.5 Å². The van der Waals surface area contributed by atoms with Crippen LogP contribution >= 0.6 is 0 Å². The SMILES string of the molecule is Nc1nn(C(=O)Nc2cccc(F)c2)c2ccccc12. The Morgan fingerprint density at radius 3 is 2.80 bits per heavy atom. The minimum absolute atomic E-state index is 0.273. The molecule has 3 aromatic rings. The molecular weight excluding hydrogens is 259 g/mol. The van der Waals surface area contributed by atoms with Crippen LogP contribution in [0, 0.1) is 5.82 Å². The maximum atomic E-state index is 13.1. The monoisotopic (exact) mass is 270 g/mol. The molecule has 0 spiro atoms. The molecule has 100 valence electrons. The number of carbonyl (C=O) groups excluding carboxylic acids is 1. The van der Waals surface area contributed by atoms with Gasteiger partial charge >= 0.3 is 6.03 Å². The molecule has 1 heterocycles. The molecule has 6 heteroatoms.